The van der Waals surface area contributed by atoms with E-state index in [-0.39, 0.29) is 5.69 Å². The molecule has 0 spiro atoms. The number of benzene rings is 1. The van der Waals surface area contributed by atoms with Crippen molar-refractivity contribution in [3.05, 3.63) is 17.9 Å². The van der Waals surface area contributed by atoms with E-state index >= 15 is 0 Å². The van der Waals surface area contributed by atoms with E-state index in [4.69, 9.17) is 20.5 Å². The lowest BCUT2D eigenvalue weighted by atomic mass is 10.2. The first-order chi connectivity index (χ1) is 8.65. The van der Waals surface area contributed by atoms with Gasteiger partial charge in [0.1, 0.15) is 11.6 Å². The Morgan fingerprint density at radius 3 is 3.06 bits per heavy atom. The summed E-state index contributed by atoms with van der Waals surface area (Å²) in [5.41, 5.74) is 6.26. The molecule has 18 heavy (non-hydrogen) atoms. The highest BCUT2D eigenvalue weighted by Crippen LogP contribution is 2.31. The fraction of sp³-hybridized carbons (Fsp3) is 0.417. The van der Waals surface area contributed by atoms with Crippen LogP contribution in [-0.2, 0) is 4.74 Å². The van der Waals surface area contributed by atoms with E-state index < -0.39 is 11.9 Å². The van der Waals surface area contributed by atoms with Crippen molar-refractivity contribution in [3.63, 3.8) is 0 Å². The number of nitrogens with zero attached hydrogens (tertiary/aromatic N) is 2. The van der Waals surface area contributed by atoms with Crippen molar-refractivity contribution < 1.29 is 13.9 Å². The molecular formula is C12H14FN3O2. The van der Waals surface area contributed by atoms with Crippen LogP contribution in [0.5, 0.6) is 5.75 Å². The molecule has 1 aliphatic rings. The Morgan fingerprint density at radius 1 is 1.61 bits per heavy atom. The number of hydrogen-bond acceptors (Lipinski definition) is 5. The first-order valence-electron chi connectivity index (χ1n) is 5.55. The van der Waals surface area contributed by atoms with Crippen molar-refractivity contribution >= 4 is 11.4 Å². The third-order valence-electron chi connectivity index (χ3n) is 2.85. The van der Waals surface area contributed by atoms with Crippen molar-refractivity contribution in [2.45, 2.75) is 6.10 Å². The maximum absolute atomic E-state index is 13.9. The minimum Gasteiger partial charge on any atom is -0.495 e. The van der Waals surface area contributed by atoms with Gasteiger partial charge in [-0.3, -0.25) is 0 Å². The Balaban J connectivity index is 2.30. The number of hydrogen-bond donors (Lipinski definition) is 1. The summed E-state index contributed by atoms with van der Waals surface area (Å²) in [4.78, 5) is 1.76. The molecule has 0 amide bonds. The number of nitriles is 1. The molecule has 1 heterocycles. The van der Waals surface area contributed by atoms with Gasteiger partial charge in [0.15, 0.2) is 6.10 Å². The minimum atomic E-state index is -0.540. The number of methoxy groups -OCH3 is 1. The lowest BCUT2D eigenvalue weighted by molar-refractivity contribution is 0.0762. The Bertz CT molecular complexity index is 487. The fourth-order valence-electron chi connectivity index (χ4n) is 1.92. The average Bonchev–Trinajstić information content (AvgIpc) is 2.39. The quantitative estimate of drug-likeness (QED) is 0.798. The van der Waals surface area contributed by atoms with Crippen LogP contribution in [0.4, 0.5) is 15.8 Å². The largest absolute Gasteiger partial charge is 0.495 e. The maximum atomic E-state index is 13.9. The standard InChI is InChI=1S/C12H14FN3O2/c1-17-12-5-11(9(13)4-10(12)15)16-2-3-18-8(6-14)7-16/h4-5,8H,2-3,7,15H2,1H3. The van der Waals surface area contributed by atoms with E-state index in [9.17, 15) is 4.39 Å². The highest BCUT2D eigenvalue weighted by Gasteiger charge is 2.23. The van der Waals surface area contributed by atoms with E-state index in [1.54, 1.807) is 11.0 Å². The first kappa shape index (κ1) is 12.5. The normalized spacial score (nSPS) is 19.4. The van der Waals surface area contributed by atoms with Crippen LogP contribution in [0.3, 0.4) is 0 Å². The van der Waals surface area contributed by atoms with Crippen molar-refractivity contribution in [3.8, 4) is 11.8 Å². The SMILES string of the molecule is COc1cc(N2CCOC(C#N)C2)c(F)cc1N. The summed E-state index contributed by atoms with van der Waals surface area (Å²) in [6.45, 7) is 1.26. The zero-order chi connectivity index (χ0) is 13.1. The molecule has 1 atom stereocenters. The highest BCUT2D eigenvalue weighted by atomic mass is 19.1. The summed E-state index contributed by atoms with van der Waals surface area (Å²) >= 11 is 0. The number of anilines is 2. The van der Waals surface area contributed by atoms with E-state index in [1.807, 2.05) is 6.07 Å². The van der Waals surface area contributed by atoms with Crippen LogP contribution in [0.25, 0.3) is 0 Å². The van der Waals surface area contributed by atoms with Gasteiger partial charge in [-0.1, -0.05) is 0 Å². The van der Waals surface area contributed by atoms with E-state index in [0.717, 1.165) is 0 Å². The van der Waals surface area contributed by atoms with Crippen LogP contribution in [0.2, 0.25) is 0 Å². The number of halogens is 1. The Morgan fingerprint density at radius 2 is 2.39 bits per heavy atom. The molecule has 0 aliphatic carbocycles. The molecule has 1 unspecified atom stereocenters. The van der Waals surface area contributed by atoms with E-state index in [1.165, 1.54) is 13.2 Å². The Hall–Kier alpha value is -2.00. The first-order valence-corrected chi connectivity index (χ1v) is 5.55. The molecule has 96 valence electrons. The van der Waals surface area contributed by atoms with Crippen molar-refractivity contribution in [2.75, 3.05) is 37.4 Å². The lowest BCUT2D eigenvalue weighted by Gasteiger charge is -2.32. The number of nitrogens with two attached hydrogens (primary N) is 1. The molecule has 2 N–H and O–H groups in total. The Labute approximate surface area is 105 Å². The van der Waals surface area contributed by atoms with Crippen LogP contribution in [0, 0.1) is 17.1 Å². The van der Waals surface area contributed by atoms with Gasteiger partial charge in [0.05, 0.1) is 37.7 Å². The lowest BCUT2D eigenvalue weighted by Crippen LogP contribution is -2.42. The van der Waals surface area contributed by atoms with Gasteiger partial charge in [-0.2, -0.15) is 5.26 Å². The van der Waals surface area contributed by atoms with Gasteiger partial charge >= 0.3 is 0 Å². The van der Waals surface area contributed by atoms with Crippen molar-refractivity contribution in [1.29, 1.82) is 5.26 Å². The number of ether oxygens (including phenoxy) is 2. The summed E-state index contributed by atoms with van der Waals surface area (Å²) in [6, 6.07) is 4.79. The van der Waals surface area contributed by atoms with Gasteiger partial charge in [-0.25, -0.2) is 4.39 Å². The topological polar surface area (TPSA) is 71.5 Å². The molecule has 1 fully saturated rings. The van der Waals surface area contributed by atoms with Gasteiger partial charge in [-0.05, 0) is 0 Å². The molecular weight excluding hydrogens is 237 g/mol. The monoisotopic (exact) mass is 251 g/mol. The van der Waals surface area contributed by atoms with Crippen LogP contribution >= 0.6 is 0 Å². The second-order valence-electron chi connectivity index (χ2n) is 3.98. The number of morpholine rings is 1. The number of nitrogen functional groups attached to an aromatic ring is 1. The zero-order valence-electron chi connectivity index (χ0n) is 10.0. The van der Waals surface area contributed by atoms with Gasteiger partial charge in [0.2, 0.25) is 0 Å². The van der Waals surface area contributed by atoms with Crippen LogP contribution < -0.4 is 15.4 Å². The predicted molar refractivity (Wildman–Crippen MR) is 64.9 cm³/mol. The molecule has 6 heteroatoms. The molecule has 1 aliphatic heterocycles. The van der Waals surface area contributed by atoms with Crippen LogP contribution in [-0.4, -0.2) is 32.9 Å². The van der Waals surface area contributed by atoms with Gasteiger partial charge in [0, 0.05) is 18.7 Å². The summed E-state index contributed by atoms with van der Waals surface area (Å²) in [5, 5.41) is 8.83. The second kappa shape index (κ2) is 5.10. The minimum absolute atomic E-state index is 0.254. The molecule has 0 bridgehead atoms. The predicted octanol–water partition coefficient (Wildman–Crippen LogP) is 1.15. The Kier molecular flexibility index (Phi) is 3.53. The van der Waals surface area contributed by atoms with E-state index in [2.05, 4.69) is 0 Å². The summed E-state index contributed by atoms with van der Waals surface area (Å²) in [6.07, 6.45) is -0.540. The molecule has 5 nitrogen and oxygen atoms in total. The van der Waals surface area contributed by atoms with E-state index in [0.29, 0.717) is 31.1 Å². The summed E-state index contributed by atoms with van der Waals surface area (Å²) < 4.78 is 24.2. The van der Waals surface area contributed by atoms with Crippen molar-refractivity contribution in [1.82, 2.24) is 0 Å². The second-order valence-corrected chi connectivity index (χ2v) is 3.98. The zero-order valence-corrected chi connectivity index (χ0v) is 10.0. The molecule has 2 rings (SSSR count). The molecule has 0 aromatic heterocycles. The maximum Gasteiger partial charge on any atom is 0.161 e. The average molecular weight is 251 g/mol. The summed E-state index contributed by atoms with van der Waals surface area (Å²) in [7, 11) is 1.48. The fourth-order valence-corrected chi connectivity index (χ4v) is 1.92. The third-order valence-corrected chi connectivity index (χ3v) is 2.85. The highest BCUT2D eigenvalue weighted by molar-refractivity contribution is 5.63. The molecule has 1 aromatic carbocycles. The van der Waals surface area contributed by atoms with Gasteiger partial charge in [0.25, 0.3) is 0 Å². The number of rotatable bonds is 2. The molecule has 0 saturated carbocycles. The van der Waals surface area contributed by atoms with Gasteiger partial charge in [-0.15, -0.1) is 0 Å². The van der Waals surface area contributed by atoms with Crippen LogP contribution in [0.15, 0.2) is 12.1 Å². The van der Waals surface area contributed by atoms with Gasteiger partial charge < -0.3 is 20.1 Å². The van der Waals surface area contributed by atoms with Crippen LogP contribution in [0.1, 0.15) is 0 Å². The third kappa shape index (κ3) is 2.31. The smallest absolute Gasteiger partial charge is 0.161 e. The summed E-state index contributed by atoms with van der Waals surface area (Å²) in [5.74, 6) is -0.00158. The molecule has 0 radical (unpaired) electrons. The van der Waals surface area contributed by atoms with Crippen molar-refractivity contribution in [2.24, 2.45) is 0 Å². The molecule has 1 saturated heterocycles. The molecule has 1 aromatic rings.